The highest BCUT2D eigenvalue weighted by Gasteiger charge is 2.40. The van der Waals surface area contributed by atoms with E-state index in [9.17, 15) is 9.59 Å². The summed E-state index contributed by atoms with van der Waals surface area (Å²) in [5.41, 5.74) is 3.96. The van der Waals surface area contributed by atoms with E-state index in [1.165, 1.54) is 24.4 Å². The van der Waals surface area contributed by atoms with E-state index >= 15 is 0 Å². The van der Waals surface area contributed by atoms with E-state index in [0.717, 1.165) is 29.3 Å². The van der Waals surface area contributed by atoms with Crippen molar-refractivity contribution in [2.24, 2.45) is 4.99 Å². The molecule has 0 aliphatic carbocycles. The maximum atomic E-state index is 12.8. The fraction of sp³-hybridized carbons (Fsp3) is 0.269. The number of fused-ring (bicyclic) bond motifs is 1. The summed E-state index contributed by atoms with van der Waals surface area (Å²) in [6, 6.07) is 17.1. The summed E-state index contributed by atoms with van der Waals surface area (Å²) in [4.78, 5) is 32.1. The van der Waals surface area contributed by atoms with Gasteiger partial charge in [0, 0.05) is 17.3 Å². The highest BCUT2D eigenvalue weighted by atomic mass is 35.5. The van der Waals surface area contributed by atoms with Gasteiger partial charge in [-0.1, -0.05) is 65.8 Å². The lowest BCUT2D eigenvalue weighted by atomic mass is 9.94. The first kappa shape index (κ1) is 24.1. The Morgan fingerprint density at radius 3 is 2.59 bits per heavy atom. The number of rotatable bonds is 8. The number of thioether (sulfide) groups is 1. The molecule has 2 aromatic carbocycles. The molecule has 0 saturated carbocycles. The quantitative estimate of drug-likeness (QED) is 0.401. The van der Waals surface area contributed by atoms with Gasteiger partial charge in [-0.3, -0.25) is 4.79 Å². The van der Waals surface area contributed by atoms with E-state index in [-0.39, 0.29) is 12.3 Å². The van der Waals surface area contributed by atoms with Crippen LogP contribution in [0.4, 0.5) is 0 Å². The number of nitrogens with zero attached hydrogens (tertiary/aromatic N) is 2. The summed E-state index contributed by atoms with van der Waals surface area (Å²) >= 11 is 7.55. The van der Waals surface area contributed by atoms with Crippen LogP contribution in [0.1, 0.15) is 36.9 Å². The predicted molar refractivity (Wildman–Crippen MR) is 136 cm³/mol. The molecule has 2 aliphatic rings. The summed E-state index contributed by atoms with van der Waals surface area (Å²) in [7, 11) is 1.36. The highest BCUT2D eigenvalue weighted by Crippen LogP contribution is 2.44. The van der Waals surface area contributed by atoms with E-state index in [4.69, 9.17) is 16.3 Å². The molecule has 2 heterocycles. The third-order valence-electron chi connectivity index (χ3n) is 5.74. The molecule has 0 unspecified atom stereocenters. The van der Waals surface area contributed by atoms with Gasteiger partial charge in [0.1, 0.15) is 0 Å². The Kier molecular flexibility index (Phi) is 7.75. The molecule has 4 rings (SSSR count). The summed E-state index contributed by atoms with van der Waals surface area (Å²) in [6.07, 6.45) is 1.96. The smallest absolute Gasteiger partial charge is 0.338 e. The van der Waals surface area contributed by atoms with Crippen molar-refractivity contribution in [1.82, 2.24) is 10.2 Å². The average Bonchev–Trinajstić information content (AvgIpc) is 3.23. The summed E-state index contributed by atoms with van der Waals surface area (Å²) < 4.78 is 5.08. The second-order valence-electron chi connectivity index (χ2n) is 8.05. The third kappa shape index (κ3) is 5.37. The summed E-state index contributed by atoms with van der Waals surface area (Å²) in [5.74, 6) is -0.510. The Balaban J connectivity index is 1.48. The minimum Gasteiger partial charge on any atom is -0.466 e. The van der Waals surface area contributed by atoms with Crippen molar-refractivity contribution in [3.05, 3.63) is 93.1 Å². The summed E-state index contributed by atoms with van der Waals surface area (Å²) in [5, 5.41) is 6.28. The van der Waals surface area contributed by atoms with Gasteiger partial charge in [-0.05, 0) is 48.4 Å². The molecular formula is C26H26ClN3O3S. The number of amides is 1. The first-order valence-corrected chi connectivity index (χ1v) is 12.3. The van der Waals surface area contributed by atoms with Crippen LogP contribution in [-0.2, 0) is 20.7 Å². The minimum absolute atomic E-state index is 0.0677. The predicted octanol–water partition coefficient (Wildman–Crippen LogP) is 5.23. The number of halogens is 1. The van der Waals surface area contributed by atoms with E-state index < -0.39 is 12.0 Å². The molecule has 0 spiro atoms. The van der Waals surface area contributed by atoms with Gasteiger partial charge in [0.15, 0.2) is 5.17 Å². The van der Waals surface area contributed by atoms with Gasteiger partial charge >= 0.3 is 5.97 Å². The maximum Gasteiger partial charge on any atom is 0.338 e. The monoisotopic (exact) mass is 495 g/mol. The lowest BCUT2D eigenvalue weighted by molar-refractivity contribution is -0.136. The molecular weight excluding hydrogens is 470 g/mol. The zero-order chi connectivity index (χ0) is 24.1. The number of allylic oxidation sites excluding steroid dienone is 1. The fourth-order valence-electron chi connectivity index (χ4n) is 4.09. The normalized spacial score (nSPS) is 17.1. The number of methoxy groups -OCH3 is 1. The molecule has 0 radical (unpaired) electrons. The van der Waals surface area contributed by atoms with Gasteiger partial charge in [-0.15, -0.1) is 0 Å². The molecule has 2 aliphatic heterocycles. The van der Waals surface area contributed by atoms with Gasteiger partial charge in [0.2, 0.25) is 5.91 Å². The average molecular weight is 496 g/mol. The second kappa shape index (κ2) is 10.9. The van der Waals surface area contributed by atoms with Crippen LogP contribution in [0, 0.1) is 0 Å². The fourth-order valence-corrected chi connectivity index (χ4v) is 5.18. The van der Waals surface area contributed by atoms with Crippen molar-refractivity contribution in [2.45, 2.75) is 32.2 Å². The zero-order valence-electron chi connectivity index (χ0n) is 19.1. The third-order valence-corrected chi connectivity index (χ3v) is 6.88. The molecule has 34 heavy (non-hydrogen) atoms. The Hall–Kier alpha value is -3.03. The van der Waals surface area contributed by atoms with Crippen LogP contribution >= 0.6 is 23.4 Å². The molecule has 0 saturated heterocycles. The van der Waals surface area contributed by atoms with Gasteiger partial charge in [0.25, 0.3) is 0 Å². The lowest BCUT2D eigenvalue weighted by Crippen LogP contribution is -2.38. The molecule has 0 aromatic heterocycles. The van der Waals surface area contributed by atoms with Crippen LogP contribution < -0.4 is 5.32 Å². The number of ether oxygens (including phenoxy) is 1. The van der Waals surface area contributed by atoms with Crippen LogP contribution in [0.15, 0.2) is 82.0 Å². The van der Waals surface area contributed by atoms with Crippen LogP contribution in [0.5, 0.6) is 0 Å². The first-order valence-electron chi connectivity index (χ1n) is 11.1. The van der Waals surface area contributed by atoms with Gasteiger partial charge in [-0.25, -0.2) is 9.79 Å². The Morgan fingerprint density at radius 2 is 1.88 bits per heavy atom. The molecule has 8 heteroatoms. The van der Waals surface area contributed by atoms with Crippen molar-refractivity contribution in [1.29, 1.82) is 0 Å². The number of benzene rings is 2. The number of carbonyl (C=O) groups excluding carboxylic acids is 2. The van der Waals surface area contributed by atoms with Crippen LogP contribution in [0.25, 0.3) is 0 Å². The summed E-state index contributed by atoms with van der Waals surface area (Å²) in [6.45, 7) is 2.40. The molecule has 176 valence electrons. The van der Waals surface area contributed by atoms with Gasteiger partial charge in [-0.2, -0.15) is 0 Å². The number of nitrogens with one attached hydrogen (secondary N) is 1. The lowest BCUT2D eigenvalue weighted by Gasteiger charge is -2.36. The number of carbonyl (C=O) groups is 2. The molecule has 1 amide bonds. The molecule has 2 aromatic rings. The SMILES string of the molecule is COC(=O)C1=C(C)N=C2SC=C(CC(=O)NCCCc3ccccc3)N2[C@@H]1c1ccc(Cl)cc1. The van der Waals surface area contributed by atoms with Crippen LogP contribution in [-0.4, -0.2) is 35.6 Å². The Labute approximate surface area is 208 Å². The van der Waals surface area contributed by atoms with Gasteiger partial charge in [0.05, 0.1) is 30.8 Å². The second-order valence-corrected chi connectivity index (χ2v) is 9.33. The highest BCUT2D eigenvalue weighted by molar-refractivity contribution is 8.16. The van der Waals surface area contributed by atoms with E-state index in [2.05, 4.69) is 22.4 Å². The number of esters is 1. The maximum absolute atomic E-state index is 12.8. The minimum atomic E-state index is -0.454. The van der Waals surface area contributed by atoms with E-state index in [0.29, 0.717) is 22.8 Å². The number of hydrogen-bond donors (Lipinski definition) is 1. The number of amidine groups is 1. The van der Waals surface area contributed by atoms with Crippen molar-refractivity contribution >= 4 is 40.4 Å². The van der Waals surface area contributed by atoms with Crippen molar-refractivity contribution < 1.29 is 14.3 Å². The number of aryl methyl sites for hydroxylation is 1. The standard InChI is InChI=1S/C26H26ClN3O3S/c1-17-23(25(32)33-2)24(19-10-12-20(27)13-11-19)30-21(16-34-26(30)29-17)15-22(31)28-14-6-9-18-7-4-3-5-8-18/h3-5,7-8,10-13,16,24H,6,9,14-15H2,1-2H3,(H,28,31)/t24-/m1/s1. The van der Waals surface area contributed by atoms with Crippen LogP contribution in [0.2, 0.25) is 5.02 Å². The first-order chi connectivity index (χ1) is 16.5. The molecule has 0 fully saturated rings. The van der Waals surface area contributed by atoms with Gasteiger partial charge < -0.3 is 15.0 Å². The van der Waals surface area contributed by atoms with E-state index in [1.807, 2.05) is 40.6 Å². The van der Waals surface area contributed by atoms with Crippen LogP contribution in [0.3, 0.4) is 0 Å². The topological polar surface area (TPSA) is 71.0 Å². The zero-order valence-corrected chi connectivity index (χ0v) is 20.7. The van der Waals surface area contributed by atoms with Crippen molar-refractivity contribution in [2.75, 3.05) is 13.7 Å². The van der Waals surface area contributed by atoms with Crippen molar-refractivity contribution in [3.8, 4) is 0 Å². The molecule has 1 atom stereocenters. The molecule has 1 N–H and O–H groups in total. The largest absolute Gasteiger partial charge is 0.466 e. The molecule has 0 bridgehead atoms. The van der Waals surface area contributed by atoms with E-state index in [1.54, 1.807) is 19.1 Å². The Bertz CT molecular complexity index is 1160. The molecule has 6 nitrogen and oxygen atoms in total. The van der Waals surface area contributed by atoms with Crippen molar-refractivity contribution in [3.63, 3.8) is 0 Å². The number of hydrogen-bond acceptors (Lipinski definition) is 6. The Morgan fingerprint density at radius 1 is 1.15 bits per heavy atom. The number of aliphatic imine (C=N–C) groups is 1.